The Morgan fingerprint density at radius 1 is 1.23 bits per heavy atom. The van der Waals surface area contributed by atoms with E-state index < -0.39 is 23.1 Å². The molecule has 6 heteroatoms. The number of primary amides is 1. The van der Waals surface area contributed by atoms with Crippen LogP contribution in [0.15, 0.2) is 15.0 Å². The van der Waals surface area contributed by atoms with Crippen LogP contribution in [0.1, 0.15) is 10.4 Å². The molecule has 0 fully saturated rings. The molecule has 0 radical (unpaired) electrons. The van der Waals surface area contributed by atoms with Crippen molar-refractivity contribution in [2.24, 2.45) is 5.73 Å². The Labute approximate surface area is 89.4 Å². The lowest BCUT2D eigenvalue weighted by molar-refractivity contribution is 0.0994. The van der Waals surface area contributed by atoms with Crippen LogP contribution in [0.3, 0.4) is 0 Å². The minimum absolute atomic E-state index is 0.0677. The Bertz CT molecular complexity index is 381. The van der Waals surface area contributed by atoms with Gasteiger partial charge in [0.05, 0.1) is 10.0 Å². The van der Waals surface area contributed by atoms with Crippen molar-refractivity contribution in [2.45, 2.75) is 0 Å². The average molecular weight is 315 g/mol. The van der Waals surface area contributed by atoms with E-state index in [0.717, 1.165) is 0 Å². The quantitative estimate of drug-likeness (QED) is 0.628. The molecule has 0 bridgehead atoms. The maximum Gasteiger partial charge on any atom is 0.252 e. The fraction of sp³-hybridized carbons (Fsp3) is 0. The summed E-state index contributed by atoms with van der Waals surface area (Å²) in [4.78, 5) is 10.7. The molecule has 0 aliphatic rings. The summed E-state index contributed by atoms with van der Waals surface area (Å²) in [5.41, 5.74) is 4.36. The molecule has 2 N–H and O–H groups in total. The average Bonchev–Trinajstić information content (AvgIpc) is 1.99. The SMILES string of the molecule is NC(=O)c1c(Br)cc(Br)c(F)c1F. The molecule has 70 valence electrons. The molecule has 1 amide bonds. The molecule has 0 unspecified atom stereocenters. The van der Waals surface area contributed by atoms with Crippen molar-refractivity contribution in [1.29, 1.82) is 0 Å². The van der Waals surface area contributed by atoms with E-state index in [1.807, 2.05) is 0 Å². The highest BCUT2D eigenvalue weighted by Crippen LogP contribution is 2.28. The Morgan fingerprint density at radius 2 is 1.77 bits per heavy atom. The van der Waals surface area contributed by atoms with Crippen LogP contribution in [0.25, 0.3) is 0 Å². The number of hydrogen-bond acceptors (Lipinski definition) is 1. The van der Waals surface area contributed by atoms with Gasteiger partial charge in [0.1, 0.15) is 0 Å². The lowest BCUT2D eigenvalue weighted by Crippen LogP contribution is -2.15. The van der Waals surface area contributed by atoms with E-state index in [1.165, 1.54) is 6.07 Å². The van der Waals surface area contributed by atoms with E-state index in [1.54, 1.807) is 0 Å². The van der Waals surface area contributed by atoms with Gasteiger partial charge in [-0.2, -0.15) is 0 Å². The van der Waals surface area contributed by atoms with Gasteiger partial charge in [-0.1, -0.05) is 0 Å². The van der Waals surface area contributed by atoms with Crippen LogP contribution in [0.5, 0.6) is 0 Å². The second-order valence-electron chi connectivity index (χ2n) is 2.21. The number of benzene rings is 1. The van der Waals surface area contributed by atoms with Crippen LogP contribution in [-0.2, 0) is 0 Å². The summed E-state index contributed by atoms with van der Waals surface area (Å²) in [6, 6.07) is 1.22. The second-order valence-corrected chi connectivity index (χ2v) is 3.92. The van der Waals surface area contributed by atoms with E-state index in [2.05, 4.69) is 31.9 Å². The molecule has 0 aliphatic carbocycles. The highest BCUT2D eigenvalue weighted by molar-refractivity contribution is 9.11. The first-order valence-electron chi connectivity index (χ1n) is 3.08. The predicted molar refractivity (Wildman–Crippen MR) is 50.3 cm³/mol. The van der Waals surface area contributed by atoms with Gasteiger partial charge in [-0.05, 0) is 37.9 Å². The lowest BCUT2D eigenvalue weighted by atomic mass is 10.2. The van der Waals surface area contributed by atoms with Crippen LogP contribution in [0, 0.1) is 11.6 Å². The fourth-order valence-corrected chi connectivity index (χ4v) is 2.10. The third-order valence-electron chi connectivity index (χ3n) is 1.36. The molecule has 1 aromatic rings. The van der Waals surface area contributed by atoms with Gasteiger partial charge in [0, 0.05) is 4.47 Å². The number of halogens is 4. The standard InChI is InChI=1S/C7H3Br2F2NO/c8-2-1-3(9)5(10)6(11)4(2)7(12)13/h1H,(H2,12,13). The van der Waals surface area contributed by atoms with E-state index >= 15 is 0 Å². The van der Waals surface area contributed by atoms with Crippen molar-refractivity contribution in [3.8, 4) is 0 Å². The molecule has 0 spiro atoms. The van der Waals surface area contributed by atoms with Crippen molar-refractivity contribution in [3.63, 3.8) is 0 Å². The molecule has 0 atom stereocenters. The topological polar surface area (TPSA) is 43.1 Å². The summed E-state index contributed by atoms with van der Waals surface area (Å²) in [5.74, 6) is -3.40. The number of amides is 1. The molecule has 0 aliphatic heterocycles. The van der Waals surface area contributed by atoms with E-state index in [0.29, 0.717) is 0 Å². The molecule has 0 aromatic heterocycles. The maximum atomic E-state index is 13.0. The first-order chi connectivity index (χ1) is 5.95. The predicted octanol–water partition coefficient (Wildman–Crippen LogP) is 2.59. The summed E-state index contributed by atoms with van der Waals surface area (Å²) in [6.45, 7) is 0. The first kappa shape index (κ1) is 10.6. The molecule has 13 heavy (non-hydrogen) atoms. The molecule has 0 saturated heterocycles. The number of rotatable bonds is 1. The zero-order valence-electron chi connectivity index (χ0n) is 6.07. The van der Waals surface area contributed by atoms with Crippen molar-refractivity contribution >= 4 is 37.8 Å². The molecule has 0 saturated carbocycles. The normalized spacial score (nSPS) is 10.2. The summed E-state index contributed by atoms with van der Waals surface area (Å²) in [6.07, 6.45) is 0. The summed E-state index contributed by atoms with van der Waals surface area (Å²) in [5, 5.41) is 0. The molecule has 0 heterocycles. The van der Waals surface area contributed by atoms with Gasteiger partial charge < -0.3 is 5.73 Å². The van der Waals surface area contributed by atoms with E-state index in [-0.39, 0.29) is 8.95 Å². The first-order valence-corrected chi connectivity index (χ1v) is 4.66. The van der Waals surface area contributed by atoms with Gasteiger partial charge in [0.25, 0.3) is 5.91 Å². The van der Waals surface area contributed by atoms with Gasteiger partial charge in [-0.3, -0.25) is 4.79 Å². The van der Waals surface area contributed by atoms with Gasteiger partial charge in [0.15, 0.2) is 11.6 Å². The molecule has 2 nitrogen and oxygen atoms in total. The van der Waals surface area contributed by atoms with E-state index in [9.17, 15) is 13.6 Å². The Balaban J connectivity index is 3.53. The van der Waals surface area contributed by atoms with Crippen molar-refractivity contribution in [3.05, 3.63) is 32.2 Å². The highest BCUT2D eigenvalue weighted by atomic mass is 79.9. The largest absolute Gasteiger partial charge is 0.365 e. The minimum Gasteiger partial charge on any atom is -0.365 e. The van der Waals surface area contributed by atoms with Gasteiger partial charge >= 0.3 is 0 Å². The van der Waals surface area contributed by atoms with Crippen LogP contribution in [0.2, 0.25) is 0 Å². The maximum absolute atomic E-state index is 13.0. The Hall–Kier alpha value is -0.490. The van der Waals surface area contributed by atoms with Crippen molar-refractivity contribution in [2.75, 3.05) is 0 Å². The van der Waals surface area contributed by atoms with Crippen LogP contribution in [0.4, 0.5) is 8.78 Å². The number of carbonyl (C=O) groups excluding carboxylic acids is 1. The summed E-state index contributed by atoms with van der Waals surface area (Å²) in [7, 11) is 0. The third kappa shape index (κ3) is 1.88. The fourth-order valence-electron chi connectivity index (χ4n) is 0.792. The third-order valence-corrected chi connectivity index (χ3v) is 2.56. The lowest BCUT2D eigenvalue weighted by Gasteiger charge is -2.04. The van der Waals surface area contributed by atoms with Crippen molar-refractivity contribution in [1.82, 2.24) is 0 Å². The number of hydrogen-bond donors (Lipinski definition) is 1. The number of carbonyl (C=O) groups is 1. The molecular formula is C7H3Br2F2NO. The molecular weight excluding hydrogens is 312 g/mol. The summed E-state index contributed by atoms with van der Waals surface area (Å²) < 4.78 is 26.0. The minimum atomic E-state index is -1.26. The zero-order valence-corrected chi connectivity index (χ0v) is 9.25. The van der Waals surface area contributed by atoms with Crippen molar-refractivity contribution < 1.29 is 13.6 Å². The smallest absolute Gasteiger partial charge is 0.252 e. The van der Waals surface area contributed by atoms with Gasteiger partial charge in [0.2, 0.25) is 0 Å². The zero-order chi connectivity index (χ0) is 10.2. The molecule has 1 rings (SSSR count). The van der Waals surface area contributed by atoms with Gasteiger partial charge in [-0.25, -0.2) is 8.78 Å². The van der Waals surface area contributed by atoms with Gasteiger partial charge in [-0.15, -0.1) is 0 Å². The van der Waals surface area contributed by atoms with E-state index in [4.69, 9.17) is 5.73 Å². The monoisotopic (exact) mass is 313 g/mol. The Kier molecular flexibility index (Phi) is 3.02. The highest BCUT2D eigenvalue weighted by Gasteiger charge is 2.19. The van der Waals surface area contributed by atoms with Crippen LogP contribution >= 0.6 is 31.9 Å². The number of nitrogens with two attached hydrogens (primary N) is 1. The Morgan fingerprint density at radius 3 is 2.23 bits per heavy atom. The second kappa shape index (κ2) is 3.71. The summed E-state index contributed by atoms with van der Waals surface area (Å²) >= 11 is 5.68. The molecule has 1 aromatic carbocycles. The van der Waals surface area contributed by atoms with Crippen LogP contribution in [-0.4, -0.2) is 5.91 Å². The van der Waals surface area contributed by atoms with Crippen LogP contribution < -0.4 is 5.73 Å².